The molecule has 0 amide bonds. The highest BCUT2D eigenvalue weighted by atomic mass is 16.5. The number of methoxy groups -OCH3 is 1. The van der Waals surface area contributed by atoms with E-state index >= 15 is 0 Å². The van der Waals surface area contributed by atoms with E-state index in [1.54, 1.807) is 13.3 Å². The lowest BCUT2D eigenvalue weighted by atomic mass is 10.1. The molecule has 0 aromatic carbocycles. The molecule has 0 saturated carbocycles. The van der Waals surface area contributed by atoms with E-state index in [2.05, 4.69) is 56.4 Å². The zero-order valence-electron chi connectivity index (χ0n) is 17.3. The van der Waals surface area contributed by atoms with Crippen LogP contribution in [0, 0.1) is 0 Å². The third-order valence-corrected chi connectivity index (χ3v) is 4.93. The van der Waals surface area contributed by atoms with Gasteiger partial charge in [0, 0.05) is 42.0 Å². The number of H-pyrrole nitrogens is 1. The number of nitrogens with one attached hydrogen (secondary N) is 2. The van der Waals surface area contributed by atoms with Gasteiger partial charge in [-0.15, -0.1) is 10.2 Å². The summed E-state index contributed by atoms with van der Waals surface area (Å²) < 4.78 is 5.47. The molecule has 0 radical (unpaired) electrons. The first kappa shape index (κ1) is 19.3. The van der Waals surface area contributed by atoms with Crippen LogP contribution in [-0.2, 0) is 0 Å². The van der Waals surface area contributed by atoms with Gasteiger partial charge in [0.05, 0.1) is 19.0 Å². The van der Waals surface area contributed by atoms with Crippen LogP contribution in [0.4, 0.5) is 5.82 Å². The highest BCUT2D eigenvalue weighted by Gasteiger charge is 2.26. The Morgan fingerprint density at radius 1 is 1.14 bits per heavy atom. The van der Waals surface area contributed by atoms with Gasteiger partial charge in [0.1, 0.15) is 5.69 Å². The third kappa shape index (κ3) is 4.37. The van der Waals surface area contributed by atoms with Crippen molar-refractivity contribution in [1.82, 2.24) is 30.7 Å². The lowest BCUT2D eigenvalue weighted by molar-refractivity contribution is 0.373. The van der Waals surface area contributed by atoms with Gasteiger partial charge in [0.15, 0.2) is 5.82 Å². The first-order valence-corrected chi connectivity index (χ1v) is 9.84. The van der Waals surface area contributed by atoms with Crippen LogP contribution in [0.5, 0.6) is 5.88 Å². The summed E-state index contributed by atoms with van der Waals surface area (Å²) in [6.07, 6.45) is 4.66. The van der Waals surface area contributed by atoms with Crippen molar-refractivity contribution in [2.24, 2.45) is 0 Å². The van der Waals surface area contributed by atoms with E-state index in [9.17, 15) is 0 Å². The van der Waals surface area contributed by atoms with Crippen molar-refractivity contribution in [2.45, 2.75) is 38.8 Å². The van der Waals surface area contributed by atoms with Gasteiger partial charge in [0.25, 0.3) is 0 Å². The molecule has 1 fully saturated rings. The number of hydrogen-bond donors (Lipinski definition) is 2. The van der Waals surface area contributed by atoms with Gasteiger partial charge in [-0.3, -0.25) is 5.10 Å². The van der Waals surface area contributed by atoms with Crippen LogP contribution in [0.15, 0.2) is 36.7 Å². The fourth-order valence-electron chi connectivity index (χ4n) is 3.69. The fourth-order valence-corrected chi connectivity index (χ4v) is 3.69. The second-order valence-electron chi connectivity index (χ2n) is 8.34. The number of nitrogens with zero attached hydrogens (tertiary/aromatic N) is 5. The van der Waals surface area contributed by atoms with Gasteiger partial charge in [-0.2, -0.15) is 5.10 Å². The third-order valence-electron chi connectivity index (χ3n) is 4.93. The average Bonchev–Trinajstić information content (AvgIpc) is 3.38. The molecule has 4 heterocycles. The Hall–Kier alpha value is -3.00. The normalized spacial score (nSPS) is 17.0. The summed E-state index contributed by atoms with van der Waals surface area (Å²) in [4.78, 5) is 6.88. The molecule has 29 heavy (non-hydrogen) atoms. The van der Waals surface area contributed by atoms with E-state index in [1.165, 1.54) is 0 Å². The second-order valence-corrected chi connectivity index (χ2v) is 8.34. The summed E-state index contributed by atoms with van der Waals surface area (Å²) in [6, 6.07) is 8.34. The molecule has 2 N–H and O–H groups in total. The van der Waals surface area contributed by atoms with Crippen molar-refractivity contribution in [3.05, 3.63) is 36.7 Å². The van der Waals surface area contributed by atoms with Crippen LogP contribution in [-0.4, -0.2) is 57.2 Å². The van der Waals surface area contributed by atoms with Crippen LogP contribution in [0.2, 0.25) is 0 Å². The Morgan fingerprint density at radius 2 is 1.97 bits per heavy atom. The van der Waals surface area contributed by atoms with Crippen molar-refractivity contribution < 1.29 is 4.74 Å². The maximum absolute atomic E-state index is 5.47. The van der Waals surface area contributed by atoms with Gasteiger partial charge in [-0.05, 0) is 51.5 Å². The minimum Gasteiger partial charge on any atom is -0.481 e. The summed E-state index contributed by atoms with van der Waals surface area (Å²) in [5, 5.41) is 19.3. The highest BCUT2D eigenvalue weighted by molar-refractivity contribution is 5.70. The van der Waals surface area contributed by atoms with Crippen LogP contribution in [0.1, 0.15) is 27.2 Å². The molecule has 3 aromatic rings. The number of rotatable bonds is 5. The summed E-state index contributed by atoms with van der Waals surface area (Å²) >= 11 is 0. The van der Waals surface area contributed by atoms with Crippen LogP contribution >= 0.6 is 0 Å². The van der Waals surface area contributed by atoms with Crippen molar-refractivity contribution in [2.75, 3.05) is 25.1 Å². The molecule has 0 spiro atoms. The molecule has 4 rings (SSSR count). The minimum atomic E-state index is 0.115. The molecular formula is C21H27N7O. The Morgan fingerprint density at radius 3 is 2.62 bits per heavy atom. The molecule has 1 atom stereocenters. The van der Waals surface area contributed by atoms with Gasteiger partial charge in [0.2, 0.25) is 5.88 Å². The summed E-state index contributed by atoms with van der Waals surface area (Å²) in [7, 11) is 1.61. The Labute approximate surface area is 170 Å². The number of ether oxygens (including phenoxy) is 1. The van der Waals surface area contributed by atoms with Gasteiger partial charge in [-0.1, -0.05) is 0 Å². The summed E-state index contributed by atoms with van der Waals surface area (Å²) in [5.41, 5.74) is 3.36. The molecule has 0 aliphatic carbocycles. The first-order chi connectivity index (χ1) is 13.9. The molecule has 3 aromatic heterocycles. The lowest BCUT2D eigenvalue weighted by Gasteiger charge is -2.26. The second kappa shape index (κ2) is 7.79. The standard InChI is InChI=1S/C21H27N7O/c1-21(2,3)25-15-9-10-28(13-15)19-8-7-18(26-27-19)17-6-5-16(20(24-17)29-4)14-11-22-23-12-14/h5-8,11-12,15,25H,9-10,13H2,1-4H3,(H,22,23). The maximum atomic E-state index is 5.47. The van der Waals surface area contributed by atoms with Crippen molar-refractivity contribution in [1.29, 1.82) is 0 Å². The van der Waals surface area contributed by atoms with E-state index < -0.39 is 0 Å². The van der Waals surface area contributed by atoms with Crippen LogP contribution in [0.3, 0.4) is 0 Å². The number of hydrogen-bond acceptors (Lipinski definition) is 7. The Kier molecular flexibility index (Phi) is 5.19. The molecule has 152 valence electrons. The summed E-state index contributed by atoms with van der Waals surface area (Å²) in [5.74, 6) is 1.43. The van der Waals surface area contributed by atoms with Crippen molar-refractivity contribution in [3.8, 4) is 28.4 Å². The average molecular weight is 393 g/mol. The van der Waals surface area contributed by atoms with E-state index in [1.807, 2.05) is 30.5 Å². The smallest absolute Gasteiger partial charge is 0.221 e. The Balaban J connectivity index is 1.50. The van der Waals surface area contributed by atoms with Gasteiger partial charge >= 0.3 is 0 Å². The summed E-state index contributed by atoms with van der Waals surface area (Å²) in [6.45, 7) is 8.51. The quantitative estimate of drug-likeness (QED) is 0.688. The van der Waals surface area contributed by atoms with E-state index in [0.29, 0.717) is 17.6 Å². The fraction of sp³-hybridized carbons (Fsp3) is 0.429. The number of anilines is 1. The lowest BCUT2D eigenvalue weighted by Crippen LogP contribution is -2.45. The van der Waals surface area contributed by atoms with Gasteiger partial charge < -0.3 is 15.0 Å². The van der Waals surface area contributed by atoms with E-state index in [0.717, 1.165) is 42.1 Å². The zero-order valence-corrected chi connectivity index (χ0v) is 17.3. The predicted molar refractivity (Wildman–Crippen MR) is 113 cm³/mol. The van der Waals surface area contributed by atoms with Crippen molar-refractivity contribution in [3.63, 3.8) is 0 Å². The number of aromatic nitrogens is 5. The van der Waals surface area contributed by atoms with Crippen molar-refractivity contribution >= 4 is 5.82 Å². The monoisotopic (exact) mass is 393 g/mol. The maximum Gasteiger partial charge on any atom is 0.221 e. The highest BCUT2D eigenvalue weighted by Crippen LogP contribution is 2.30. The molecule has 1 saturated heterocycles. The topological polar surface area (TPSA) is 91.8 Å². The van der Waals surface area contributed by atoms with Crippen LogP contribution in [0.25, 0.3) is 22.5 Å². The molecule has 1 aliphatic rings. The molecule has 8 heteroatoms. The van der Waals surface area contributed by atoms with E-state index in [4.69, 9.17) is 4.74 Å². The SMILES string of the molecule is COc1nc(-c2ccc(N3CCC(NC(C)(C)C)C3)nn2)ccc1-c1cn[nH]c1. The molecule has 0 bridgehead atoms. The van der Waals surface area contributed by atoms with E-state index in [-0.39, 0.29) is 5.54 Å². The predicted octanol–water partition coefficient (Wildman–Crippen LogP) is 2.90. The Bertz CT molecular complexity index is 948. The number of aromatic amines is 1. The largest absolute Gasteiger partial charge is 0.481 e. The molecule has 1 unspecified atom stereocenters. The minimum absolute atomic E-state index is 0.115. The zero-order chi connectivity index (χ0) is 20.4. The molecule has 8 nitrogen and oxygen atoms in total. The van der Waals surface area contributed by atoms with Crippen LogP contribution < -0.4 is 15.0 Å². The number of pyridine rings is 1. The first-order valence-electron chi connectivity index (χ1n) is 9.84. The molecular weight excluding hydrogens is 366 g/mol. The molecule has 1 aliphatic heterocycles. The van der Waals surface area contributed by atoms with Gasteiger partial charge in [-0.25, -0.2) is 4.98 Å².